The van der Waals surface area contributed by atoms with E-state index >= 15 is 0 Å². The van der Waals surface area contributed by atoms with Crippen LogP contribution in [0.5, 0.6) is 0 Å². The van der Waals surface area contributed by atoms with Crippen LogP contribution in [0.2, 0.25) is 0 Å². The smallest absolute Gasteiger partial charge is 0.0431 e. The summed E-state index contributed by atoms with van der Waals surface area (Å²) in [4.78, 5) is 0. The molecule has 0 aromatic carbocycles. The van der Waals surface area contributed by atoms with E-state index in [4.69, 9.17) is 16.0 Å². The largest absolute Gasteiger partial charge is 0.396 e. The Balaban J connectivity index is -0.000000173. The third-order valence-electron chi connectivity index (χ3n) is 1.11. The zero-order valence-corrected chi connectivity index (χ0v) is 11.2. The van der Waals surface area contributed by atoms with Crippen molar-refractivity contribution in [2.24, 2.45) is 11.6 Å². The van der Waals surface area contributed by atoms with Crippen LogP contribution in [0, 0.1) is 0 Å². The van der Waals surface area contributed by atoms with Crippen molar-refractivity contribution in [2.45, 2.75) is 25.7 Å². The molecule has 6 N–H and O–H groups in total. The molecule has 0 aliphatic heterocycles. The van der Waals surface area contributed by atoms with E-state index in [0.717, 1.165) is 32.2 Å². The Kier molecular flexibility index (Phi) is 27.9. The van der Waals surface area contributed by atoms with Gasteiger partial charge in [-0.2, -0.15) is 0 Å². The molecule has 0 bridgehead atoms. The number of rotatable bonds is 5. The molecule has 0 amide bonds. The quantitative estimate of drug-likeness (QED) is 0.311. The number of hydroxylamine groups is 1. The van der Waals surface area contributed by atoms with Crippen LogP contribution in [0.3, 0.4) is 0 Å². The Morgan fingerprint density at radius 2 is 1.54 bits per heavy atom. The van der Waals surface area contributed by atoms with Crippen molar-refractivity contribution in [1.82, 2.24) is 5.17 Å². The number of aliphatic hydroxyl groups excluding tert-OH is 1. The molecule has 79 valence electrons. The molecule has 13 heavy (non-hydrogen) atoms. The standard InChI is InChI=1S/C6H15NO.CH6N2O.Y/c7-5-3-1-2-4-6-8;1-3(2)4;/h8H,1-7H2;4H,2H2,1H3;. The molecule has 0 saturated carbocycles. The van der Waals surface area contributed by atoms with E-state index in [1.165, 1.54) is 7.05 Å². The van der Waals surface area contributed by atoms with Gasteiger partial charge in [-0.05, 0) is 19.4 Å². The molecule has 0 fully saturated rings. The first kappa shape index (κ1) is 19.5. The molecule has 0 aromatic rings. The molecule has 0 aliphatic rings. The monoisotopic (exact) mass is 268 g/mol. The molecule has 0 heterocycles. The molecule has 6 heteroatoms. The van der Waals surface area contributed by atoms with Crippen molar-refractivity contribution >= 4 is 0 Å². The fraction of sp³-hybridized carbons (Fsp3) is 1.00. The van der Waals surface area contributed by atoms with Crippen LogP contribution < -0.4 is 11.6 Å². The van der Waals surface area contributed by atoms with E-state index in [0.29, 0.717) is 11.8 Å². The van der Waals surface area contributed by atoms with Crippen LogP contribution in [0.1, 0.15) is 25.7 Å². The molecular formula is C7H21N3O2Y. The maximum atomic E-state index is 8.33. The van der Waals surface area contributed by atoms with Gasteiger partial charge in [0.15, 0.2) is 0 Å². The van der Waals surface area contributed by atoms with Crippen molar-refractivity contribution in [1.29, 1.82) is 0 Å². The van der Waals surface area contributed by atoms with Gasteiger partial charge in [-0.1, -0.05) is 12.8 Å². The van der Waals surface area contributed by atoms with E-state index in [1.54, 1.807) is 0 Å². The molecule has 0 aliphatic carbocycles. The molecule has 0 aromatic heterocycles. The Labute approximate surface area is 105 Å². The van der Waals surface area contributed by atoms with Crippen molar-refractivity contribution in [2.75, 3.05) is 20.2 Å². The number of nitrogens with two attached hydrogens (primary N) is 2. The molecule has 1 radical (unpaired) electrons. The second-order valence-electron chi connectivity index (χ2n) is 2.50. The Bertz CT molecular complexity index is 68.0. The van der Waals surface area contributed by atoms with Crippen LogP contribution in [0.25, 0.3) is 0 Å². The van der Waals surface area contributed by atoms with Gasteiger partial charge >= 0.3 is 0 Å². The van der Waals surface area contributed by atoms with Crippen LogP contribution in [-0.4, -0.2) is 35.7 Å². The van der Waals surface area contributed by atoms with Crippen LogP contribution >= 0.6 is 0 Å². The van der Waals surface area contributed by atoms with Crippen molar-refractivity contribution in [3.05, 3.63) is 0 Å². The predicted molar refractivity (Wildman–Crippen MR) is 48.3 cm³/mol. The fourth-order valence-corrected chi connectivity index (χ4v) is 0.610. The van der Waals surface area contributed by atoms with Gasteiger partial charge in [0.25, 0.3) is 0 Å². The maximum absolute atomic E-state index is 8.33. The van der Waals surface area contributed by atoms with Gasteiger partial charge in [-0.25, -0.2) is 5.84 Å². The van der Waals surface area contributed by atoms with Gasteiger partial charge < -0.3 is 10.8 Å². The Morgan fingerprint density at radius 3 is 1.85 bits per heavy atom. The first-order valence-electron chi connectivity index (χ1n) is 4.13. The summed E-state index contributed by atoms with van der Waals surface area (Å²) in [5.41, 5.74) is 5.25. The third-order valence-corrected chi connectivity index (χ3v) is 1.11. The second-order valence-corrected chi connectivity index (χ2v) is 2.50. The maximum Gasteiger partial charge on any atom is 0.0431 e. The number of aliphatic hydroxyl groups is 1. The molecule has 0 spiro atoms. The summed E-state index contributed by atoms with van der Waals surface area (Å²) in [6.07, 6.45) is 4.31. The van der Waals surface area contributed by atoms with E-state index in [1.807, 2.05) is 0 Å². The van der Waals surface area contributed by atoms with Crippen molar-refractivity contribution < 1.29 is 43.0 Å². The second kappa shape index (κ2) is 18.6. The molecule has 0 saturated heterocycles. The summed E-state index contributed by atoms with van der Waals surface area (Å²) in [5.74, 6) is 4.50. The number of hydrazine groups is 1. The minimum atomic E-state index is 0. The van der Waals surface area contributed by atoms with Gasteiger partial charge in [0.1, 0.15) is 0 Å². The normalized spacial score (nSPS) is 8.77. The number of unbranched alkanes of at least 4 members (excludes halogenated alkanes) is 3. The molecule has 0 unspecified atom stereocenters. The third kappa shape index (κ3) is 44.0. The van der Waals surface area contributed by atoms with Crippen molar-refractivity contribution in [3.8, 4) is 0 Å². The predicted octanol–water partition coefficient (Wildman–Crippen LogP) is -0.324. The molecule has 0 rings (SSSR count). The first-order valence-corrected chi connectivity index (χ1v) is 4.13. The van der Waals surface area contributed by atoms with Crippen LogP contribution in [0.15, 0.2) is 0 Å². The topological polar surface area (TPSA) is 95.7 Å². The van der Waals surface area contributed by atoms with E-state index < -0.39 is 0 Å². The molecular weight excluding hydrogens is 247 g/mol. The van der Waals surface area contributed by atoms with Gasteiger partial charge in [0.05, 0.1) is 0 Å². The average molecular weight is 268 g/mol. The summed E-state index contributed by atoms with van der Waals surface area (Å²) in [6, 6.07) is 0. The van der Waals surface area contributed by atoms with Gasteiger partial charge in [-0.3, -0.25) is 5.21 Å². The summed E-state index contributed by atoms with van der Waals surface area (Å²) in [6.45, 7) is 1.11. The molecule has 5 nitrogen and oxygen atoms in total. The first-order chi connectivity index (χ1) is 5.65. The summed E-state index contributed by atoms with van der Waals surface area (Å²) < 4.78 is 0. The van der Waals surface area contributed by atoms with Crippen molar-refractivity contribution in [3.63, 3.8) is 0 Å². The molecule has 0 atom stereocenters. The fourth-order valence-electron chi connectivity index (χ4n) is 0.610. The summed E-state index contributed by atoms with van der Waals surface area (Å²) >= 11 is 0. The van der Waals surface area contributed by atoms with Gasteiger partial charge in [0.2, 0.25) is 0 Å². The number of hydrogen-bond donors (Lipinski definition) is 4. The average Bonchev–Trinajstić information content (AvgIpc) is 1.97. The zero-order valence-electron chi connectivity index (χ0n) is 8.32. The zero-order chi connectivity index (χ0) is 9.82. The summed E-state index contributed by atoms with van der Waals surface area (Å²) in [7, 11) is 1.33. The van der Waals surface area contributed by atoms with Gasteiger partial charge in [-0.15, -0.1) is 5.17 Å². The van der Waals surface area contributed by atoms with Crippen LogP contribution in [0.4, 0.5) is 0 Å². The number of nitrogens with zero attached hydrogens (tertiary/aromatic N) is 1. The van der Waals surface area contributed by atoms with E-state index in [-0.39, 0.29) is 32.7 Å². The Hall–Kier alpha value is 0.904. The SMILES string of the molecule is CN(N)O.NCCCCCCO.[Y]. The Morgan fingerprint density at radius 1 is 1.15 bits per heavy atom. The minimum Gasteiger partial charge on any atom is -0.396 e. The van der Waals surface area contributed by atoms with E-state index in [2.05, 4.69) is 5.84 Å². The van der Waals surface area contributed by atoms with E-state index in [9.17, 15) is 0 Å². The minimum absolute atomic E-state index is 0. The summed E-state index contributed by atoms with van der Waals surface area (Å²) in [5, 5.41) is 16.5. The van der Waals surface area contributed by atoms with Crippen LogP contribution in [-0.2, 0) is 32.7 Å². The number of hydrogen-bond acceptors (Lipinski definition) is 5. The van der Waals surface area contributed by atoms with Gasteiger partial charge in [0, 0.05) is 46.4 Å².